The van der Waals surface area contributed by atoms with E-state index in [0.717, 1.165) is 10.8 Å². The fourth-order valence-corrected chi connectivity index (χ4v) is 2.51. The first-order chi connectivity index (χ1) is 11.1. The smallest absolute Gasteiger partial charge is 0.248 e. The summed E-state index contributed by atoms with van der Waals surface area (Å²) in [7, 11) is 0. The number of amides is 1. The summed E-state index contributed by atoms with van der Waals surface area (Å²) in [5, 5.41) is 5.15. The van der Waals surface area contributed by atoms with Crippen molar-refractivity contribution in [2.75, 3.05) is 5.32 Å². The normalized spacial score (nSPS) is 11.0. The van der Waals surface area contributed by atoms with Crippen molar-refractivity contribution in [3.63, 3.8) is 0 Å². The molecule has 23 heavy (non-hydrogen) atoms. The summed E-state index contributed by atoms with van der Waals surface area (Å²) in [6, 6.07) is 17.9. The van der Waals surface area contributed by atoms with Crippen LogP contribution in [0.1, 0.15) is 5.56 Å². The predicted molar refractivity (Wildman–Crippen MR) is 93.0 cm³/mol. The lowest BCUT2D eigenvalue weighted by atomic mass is 10.1. The second-order valence-electron chi connectivity index (χ2n) is 5.02. The van der Waals surface area contributed by atoms with Crippen molar-refractivity contribution in [2.45, 2.75) is 0 Å². The minimum Gasteiger partial charge on any atom is -0.322 e. The topological polar surface area (TPSA) is 29.1 Å². The molecule has 3 rings (SSSR count). The summed E-state index contributed by atoms with van der Waals surface area (Å²) in [6.07, 6.45) is 2.63. The maximum absolute atomic E-state index is 13.6. The van der Waals surface area contributed by atoms with Gasteiger partial charge in [0.15, 0.2) is 0 Å². The monoisotopic (exact) mass is 325 g/mol. The number of rotatable bonds is 3. The molecule has 3 aromatic carbocycles. The van der Waals surface area contributed by atoms with E-state index in [1.807, 2.05) is 42.5 Å². The minimum absolute atomic E-state index is 0.197. The molecule has 114 valence electrons. The summed E-state index contributed by atoms with van der Waals surface area (Å²) in [5.41, 5.74) is 0.876. The quantitative estimate of drug-likeness (QED) is 0.652. The van der Waals surface area contributed by atoms with Gasteiger partial charge in [-0.15, -0.1) is 0 Å². The maximum atomic E-state index is 13.6. The van der Waals surface area contributed by atoms with E-state index in [0.29, 0.717) is 5.69 Å². The minimum atomic E-state index is -0.466. The van der Waals surface area contributed by atoms with Crippen molar-refractivity contribution >= 4 is 40.0 Å². The number of benzene rings is 3. The van der Waals surface area contributed by atoms with Crippen LogP contribution in [0.15, 0.2) is 66.7 Å². The molecule has 1 N–H and O–H groups in total. The van der Waals surface area contributed by atoms with Gasteiger partial charge >= 0.3 is 0 Å². The Labute approximate surface area is 138 Å². The van der Waals surface area contributed by atoms with Crippen LogP contribution in [0.4, 0.5) is 10.1 Å². The summed E-state index contributed by atoms with van der Waals surface area (Å²) in [5.74, 6) is -0.813. The zero-order valence-corrected chi connectivity index (χ0v) is 12.8. The Kier molecular flexibility index (Phi) is 4.40. The van der Waals surface area contributed by atoms with E-state index in [4.69, 9.17) is 11.6 Å². The van der Waals surface area contributed by atoms with Crippen molar-refractivity contribution in [3.05, 3.63) is 83.1 Å². The first kappa shape index (κ1) is 15.3. The van der Waals surface area contributed by atoms with Gasteiger partial charge in [-0.3, -0.25) is 4.79 Å². The lowest BCUT2D eigenvalue weighted by Crippen LogP contribution is -2.07. The van der Waals surface area contributed by atoms with Crippen LogP contribution in [0.3, 0.4) is 0 Å². The molecule has 0 bridgehead atoms. The average molecular weight is 326 g/mol. The Morgan fingerprint density at radius 3 is 2.57 bits per heavy atom. The highest BCUT2D eigenvalue weighted by Gasteiger charge is 2.04. The molecule has 2 nitrogen and oxygen atoms in total. The Hall–Kier alpha value is -2.65. The van der Waals surface area contributed by atoms with Crippen LogP contribution >= 0.6 is 11.6 Å². The molecule has 0 heterocycles. The number of halogens is 2. The lowest BCUT2D eigenvalue weighted by molar-refractivity contribution is -0.111. The first-order valence-electron chi connectivity index (χ1n) is 7.05. The molecule has 0 aliphatic rings. The molecule has 0 unspecified atom stereocenters. The number of fused-ring (bicyclic) bond motifs is 1. The van der Waals surface area contributed by atoms with Crippen molar-refractivity contribution in [1.82, 2.24) is 0 Å². The first-order valence-corrected chi connectivity index (χ1v) is 7.43. The van der Waals surface area contributed by atoms with E-state index in [1.165, 1.54) is 24.3 Å². The number of carbonyl (C=O) groups excluding carboxylic acids is 1. The highest BCUT2D eigenvalue weighted by atomic mass is 35.5. The second kappa shape index (κ2) is 6.63. The molecule has 1 amide bonds. The lowest BCUT2D eigenvalue weighted by Gasteiger charge is -2.04. The van der Waals surface area contributed by atoms with Crippen molar-refractivity contribution in [2.24, 2.45) is 0 Å². The largest absolute Gasteiger partial charge is 0.322 e. The van der Waals surface area contributed by atoms with Gasteiger partial charge < -0.3 is 5.32 Å². The molecule has 0 spiro atoms. The van der Waals surface area contributed by atoms with Crippen molar-refractivity contribution in [1.29, 1.82) is 0 Å². The van der Waals surface area contributed by atoms with E-state index in [9.17, 15) is 9.18 Å². The van der Waals surface area contributed by atoms with E-state index in [-0.39, 0.29) is 16.5 Å². The fourth-order valence-electron chi connectivity index (χ4n) is 2.28. The fraction of sp³-hybridized carbons (Fsp3) is 0. The van der Waals surface area contributed by atoms with Crippen LogP contribution in [-0.4, -0.2) is 5.91 Å². The van der Waals surface area contributed by atoms with E-state index < -0.39 is 5.82 Å². The summed E-state index contributed by atoms with van der Waals surface area (Å²) >= 11 is 5.92. The van der Waals surface area contributed by atoms with E-state index >= 15 is 0 Å². The molecule has 0 atom stereocenters. The number of hydrogen-bond donors (Lipinski definition) is 1. The Morgan fingerprint density at radius 1 is 1.00 bits per heavy atom. The van der Waals surface area contributed by atoms with Crippen LogP contribution in [0.25, 0.3) is 16.8 Å². The standard InChI is InChI=1S/C19H13ClFNO/c20-17-6-3-7-18(21)16(17)10-11-19(23)22-15-9-8-13-4-1-2-5-14(13)12-15/h1-12H,(H,22,23). The Balaban J connectivity index is 1.77. The van der Waals surface area contributed by atoms with Gasteiger partial charge in [-0.25, -0.2) is 4.39 Å². The molecule has 0 radical (unpaired) electrons. The maximum Gasteiger partial charge on any atom is 0.248 e. The number of anilines is 1. The molecular formula is C19H13ClFNO. The number of nitrogens with one attached hydrogen (secondary N) is 1. The molecule has 4 heteroatoms. The third kappa shape index (κ3) is 3.58. The van der Waals surface area contributed by atoms with Crippen LogP contribution in [0.5, 0.6) is 0 Å². The average Bonchev–Trinajstić information content (AvgIpc) is 2.54. The van der Waals surface area contributed by atoms with Gasteiger partial charge in [-0.2, -0.15) is 0 Å². The molecule has 0 fully saturated rings. The van der Waals surface area contributed by atoms with E-state index in [2.05, 4.69) is 5.32 Å². The molecule has 0 aromatic heterocycles. The summed E-state index contributed by atoms with van der Waals surface area (Å²) < 4.78 is 13.6. The summed E-state index contributed by atoms with van der Waals surface area (Å²) in [6.45, 7) is 0. The van der Waals surface area contributed by atoms with Gasteiger partial charge in [0.1, 0.15) is 5.82 Å². The highest BCUT2D eigenvalue weighted by Crippen LogP contribution is 2.21. The third-order valence-corrected chi connectivity index (χ3v) is 3.75. The van der Waals surface area contributed by atoms with Gasteiger partial charge in [0.25, 0.3) is 0 Å². The molecule has 0 aliphatic heterocycles. The van der Waals surface area contributed by atoms with Gasteiger partial charge in [0, 0.05) is 17.3 Å². The van der Waals surface area contributed by atoms with Gasteiger partial charge in [0.05, 0.1) is 5.02 Å². The predicted octanol–water partition coefficient (Wildman–Crippen LogP) is 5.28. The van der Waals surface area contributed by atoms with Crippen molar-refractivity contribution < 1.29 is 9.18 Å². The molecule has 0 saturated carbocycles. The molecule has 3 aromatic rings. The van der Waals surface area contributed by atoms with Gasteiger partial charge in [-0.1, -0.05) is 48.0 Å². The summed E-state index contributed by atoms with van der Waals surface area (Å²) in [4.78, 5) is 12.0. The van der Waals surface area contributed by atoms with Crippen LogP contribution in [0, 0.1) is 5.82 Å². The number of hydrogen-bond acceptors (Lipinski definition) is 1. The number of carbonyl (C=O) groups is 1. The van der Waals surface area contributed by atoms with Gasteiger partial charge in [-0.05, 0) is 41.1 Å². The van der Waals surface area contributed by atoms with E-state index in [1.54, 1.807) is 6.07 Å². The zero-order chi connectivity index (χ0) is 16.2. The molecule has 0 aliphatic carbocycles. The second-order valence-corrected chi connectivity index (χ2v) is 5.43. The van der Waals surface area contributed by atoms with Crippen molar-refractivity contribution in [3.8, 4) is 0 Å². The molecular weight excluding hydrogens is 313 g/mol. The van der Waals surface area contributed by atoms with Crippen LogP contribution in [-0.2, 0) is 4.79 Å². The third-order valence-electron chi connectivity index (χ3n) is 3.42. The molecule has 0 saturated heterocycles. The Morgan fingerprint density at radius 2 is 1.78 bits per heavy atom. The highest BCUT2D eigenvalue weighted by molar-refractivity contribution is 6.32. The Bertz CT molecular complexity index is 885. The SMILES string of the molecule is O=C(C=Cc1c(F)cccc1Cl)Nc1ccc2ccccc2c1. The zero-order valence-electron chi connectivity index (χ0n) is 12.1. The van der Waals surface area contributed by atoms with Gasteiger partial charge in [0.2, 0.25) is 5.91 Å². The van der Waals surface area contributed by atoms with Crippen LogP contribution < -0.4 is 5.32 Å². The van der Waals surface area contributed by atoms with Crippen LogP contribution in [0.2, 0.25) is 5.02 Å².